The molecule has 0 aliphatic rings. The zero-order valence-corrected chi connectivity index (χ0v) is 8.37. The van der Waals surface area contributed by atoms with E-state index in [4.69, 9.17) is 10.5 Å². The number of aromatic nitrogens is 3. The summed E-state index contributed by atoms with van der Waals surface area (Å²) in [4.78, 5) is 21.7. The Morgan fingerprint density at radius 2 is 2.20 bits per heavy atom. The average Bonchev–Trinajstić information content (AvgIpc) is 2.15. The fraction of sp³-hybridized carbons (Fsp3) is 0.222. The molecule has 0 fully saturated rings. The number of aromatic amines is 1. The first-order chi connectivity index (χ1) is 7.11. The van der Waals surface area contributed by atoms with Crippen LogP contribution < -0.4 is 16.0 Å². The van der Waals surface area contributed by atoms with Gasteiger partial charge in [-0.3, -0.25) is 4.79 Å². The minimum Gasteiger partial charge on any atom is -0.467 e. The molecule has 0 bridgehead atoms. The minimum atomic E-state index is -0.222. The zero-order chi connectivity index (χ0) is 11.0. The van der Waals surface area contributed by atoms with Crippen molar-refractivity contribution in [3.05, 3.63) is 22.0 Å². The molecule has 15 heavy (non-hydrogen) atoms. The van der Waals surface area contributed by atoms with E-state index >= 15 is 0 Å². The van der Waals surface area contributed by atoms with Gasteiger partial charge in [0.25, 0.3) is 0 Å². The number of fused-ring (bicyclic) bond motifs is 1. The number of pyridine rings is 1. The predicted octanol–water partition coefficient (Wildman–Crippen LogP) is 0.217. The number of nitrogens with one attached hydrogen (secondary N) is 1. The Balaban J connectivity index is 2.91. The summed E-state index contributed by atoms with van der Waals surface area (Å²) >= 11 is 0. The number of H-pyrrole nitrogens is 1. The van der Waals surface area contributed by atoms with Crippen molar-refractivity contribution in [2.45, 2.75) is 6.92 Å². The maximum absolute atomic E-state index is 11.2. The predicted molar refractivity (Wildman–Crippen MR) is 55.9 cm³/mol. The number of nitrogen functional groups attached to an aromatic ring is 1. The van der Waals surface area contributed by atoms with Crippen molar-refractivity contribution in [2.24, 2.45) is 0 Å². The topological polar surface area (TPSA) is 93.9 Å². The maximum Gasteiger partial charge on any atom is 0.320 e. The first kappa shape index (κ1) is 9.45. The molecular weight excluding hydrogens is 196 g/mol. The molecule has 0 saturated heterocycles. The monoisotopic (exact) mass is 206 g/mol. The highest BCUT2D eigenvalue weighted by Gasteiger charge is 2.08. The molecule has 2 heterocycles. The van der Waals surface area contributed by atoms with E-state index < -0.39 is 0 Å². The molecule has 0 aliphatic heterocycles. The summed E-state index contributed by atoms with van der Waals surface area (Å²) in [5.41, 5.74) is 6.65. The van der Waals surface area contributed by atoms with Gasteiger partial charge in [-0.1, -0.05) is 0 Å². The number of aryl methyl sites for hydroxylation is 1. The lowest BCUT2D eigenvalue weighted by Crippen LogP contribution is -2.09. The van der Waals surface area contributed by atoms with Gasteiger partial charge in [0.2, 0.25) is 5.56 Å². The second-order valence-electron chi connectivity index (χ2n) is 3.14. The first-order valence-electron chi connectivity index (χ1n) is 4.33. The van der Waals surface area contributed by atoms with Crippen molar-refractivity contribution in [1.29, 1.82) is 0 Å². The van der Waals surface area contributed by atoms with Gasteiger partial charge in [0.05, 0.1) is 12.5 Å². The summed E-state index contributed by atoms with van der Waals surface area (Å²) in [7, 11) is 1.44. The van der Waals surface area contributed by atoms with Gasteiger partial charge in [0.1, 0.15) is 11.5 Å². The van der Waals surface area contributed by atoms with E-state index in [2.05, 4.69) is 15.0 Å². The van der Waals surface area contributed by atoms with E-state index in [9.17, 15) is 4.79 Å². The lowest BCUT2D eigenvalue weighted by atomic mass is 10.2. The van der Waals surface area contributed by atoms with Crippen LogP contribution in [0.2, 0.25) is 0 Å². The number of anilines is 1. The third-order valence-corrected chi connectivity index (χ3v) is 2.08. The summed E-state index contributed by atoms with van der Waals surface area (Å²) in [5, 5.41) is 0.649. The van der Waals surface area contributed by atoms with Crippen LogP contribution in [0.15, 0.2) is 10.9 Å². The number of ether oxygens (including phenoxy) is 1. The molecule has 0 aromatic carbocycles. The Bertz CT molecular complexity index is 576. The molecule has 0 radical (unpaired) electrons. The van der Waals surface area contributed by atoms with Gasteiger partial charge in [0, 0.05) is 6.07 Å². The summed E-state index contributed by atoms with van der Waals surface area (Å²) in [6.45, 7) is 1.78. The van der Waals surface area contributed by atoms with Crippen LogP contribution in [0.25, 0.3) is 11.0 Å². The molecule has 78 valence electrons. The largest absolute Gasteiger partial charge is 0.467 e. The summed E-state index contributed by atoms with van der Waals surface area (Å²) in [6.07, 6.45) is 0. The van der Waals surface area contributed by atoms with Gasteiger partial charge >= 0.3 is 6.01 Å². The molecule has 3 N–H and O–H groups in total. The molecular formula is C9H10N4O2. The van der Waals surface area contributed by atoms with Crippen LogP contribution in [-0.2, 0) is 0 Å². The second kappa shape index (κ2) is 3.23. The van der Waals surface area contributed by atoms with E-state index in [0.717, 1.165) is 5.56 Å². The third kappa shape index (κ3) is 1.50. The molecule has 0 unspecified atom stereocenters. The minimum absolute atomic E-state index is 0.140. The van der Waals surface area contributed by atoms with Crippen LogP contribution >= 0.6 is 0 Å². The fourth-order valence-electron chi connectivity index (χ4n) is 1.45. The van der Waals surface area contributed by atoms with Crippen molar-refractivity contribution in [1.82, 2.24) is 15.0 Å². The SMILES string of the molecule is COc1nc(N)c2c(C)cc(=O)[nH]c2n1. The van der Waals surface area contributed by atoms with Crippen LogP contribution in [0, 0.1) is 6.92 Å². The quantitative estimate of drug-likeness (QED) is 0.695. The molecule has 0 atom stereocenters. The Hall–Kier alpha value is -2.11. The number of nitrogens with two attached hydrogens (primary N) is 1. The normalized spacial score (nSPS) is 10.5. The van der Waals surface area contributed by atoms with E-state index in [0.29, 0.717) is 16.9 Å². The molecule has 0 amide bonds. The standard InChI is InChI=1S/C9H10N4O2/c1-4-3-5(14)11-8-6(4)7(10)12-9(13-8)15-2/h3H,1-2H3,(H3,10,11,12,13,14). The Morgan fingerprint density at radius 1 is 1.47 bits per heavy atom. The Labute approximate surface area is 85.1 Å². The number of hydrogen-bond donors (Lipinski definition) is 2. The lowest BCUT2D eigenvalue weighted by molar-refractivity contribution is 0.382. The first-order valence-corrected chi connectivity index (χ1v) is 4.33. The van der Waals surface area contributed by atoms with E-state index in [1.54, 1.807) is 6.92 Å². The maximum atomic E-state index is 11.2. The van der Waals surface area contributed by atoms with E-state index in [1.807, 2.05) is 0 Å². The lowest BCUT2D eigenvalue weighted by Gasteiger charge is -2.05. The fourth-order valence-corrected chi connectivity index (χ4v) is 1.45. The Kier molecular flexibility index (Phi) is 2.03. The molecule has 6 heteroatoms. The van der Waals surface area contributed by atoms with Crippen molar-refractivity contribution in [3.63, 3.8) is 0 Å². The molecule has 0 aliphatic carbocycles. The smallest absolute Gasteiger partial charge is 0.320 e. The van der Waals surface area contributed by atoms with Crippen LogP contribution in [-0.4, -0.2) is 22.1 Å². The Morgan fingerprint density at radius 3 is 2.87 bits per heavy atom. The van der Waals surface area contributed by atoms with Gasteiger partial charge in [0.15, 0.2) is 0 Å². The van der Waals surface area contributed by atoms with E-state index in [-0.39, 0.29) is 11.6 Å². The number of rotatable bonds is 1. The van der Waals surface area contributed by atoms with Crippen molar-refractivity contribution in [3.8, 4) is 6.01 Å². The van der Waals surface area contributed by atoms with Crippen LogP contribution in [0.4, 0.5) is 5.82 Å². The van der Waals surface area contributed by atoms with Crippen LogP contribution in [0.3, 0.4) is 0 Å². The zero-order valence-electron chi connectivity index (χ0n) is 8.37. The second-order valence-corrected chi connectivity index (χ2v) is 3.14. The average molecular weight is 206 g/mol. The molecule has 6 nitrogen and oxygen atoms in total. The summed E-state index contributed by atoms with van der Waals surface area (Å²) < 4.78 is 4.86. The number of methoxy groups -OCH3 is 1. The van der Waals surface area contributed by atoms with Crippen LogP contribution in [0.1, 0.15) is 5.56 Å². The van der Waals surface area contributed by atoms with Gasteiger partial charge in [-0.15, -0.1) is 0 Å². The van der Waals surface area contributed by atoms with Gasteiger partial charge < -0.3 is 15.5 Å². The third-order valence-electron chi connectivity index (χ3n) is 2.08. The van der Waals surface area contributed by atoms with E-state index in [1.165, 1.54) is 13.2 Å². The number of hydrogen-bond acceptors (Lipinski definition) is 5. The molecule has 0 spiro atoms. The molecule has 0 saturated carbocycles. The van der Waals surface area contributed by atoms with Crippen LogP contribution in [0.5, 0.6) is 6.01 Å². The molecule has 2 aromatic rings. The van der Waals surface area contributed by atoms with Gasteiger partial charge in [-0.2, -0.15) is 9.97 Å². The summed E-state index contributed by atoms with van der Waals surface area (Å²) in [6, 6.07) is 1.59. The van der Waals surface area contributed by atoms with Crippen molar-refractivity contribution in [2.75, 3.05) is 12.8 Å². The molecule has 2 aromatic heterocycles. The van der Waals surface area contributed by atoms with Gasteiger partial charge in [-0.05, 0) is 12.5 Å². The van der Waals surface area contributed by atoms with Gasteiger partial charge in [-0.25, -0.2) is 0 Å². The molecule has 2 rings (SSSR count). The van der Waals surface area contributed by atoms with Crippen molar-refractivity contribution >= 4 is 16.9 Å². The summed E-state index contributed by atoms with van der Waals surface area (Å²) in [5.74, 6) is 0.297. The number of nitrogens with zero attached hydrogens (tertiary/aromatic N) is 2. The van der Waals surface area contributed by atoms with Crippen molar-refractivity contribution < 1.29 is 4.74 Å². The highest BCUT2D eigenvalue weighted by atomic mass is 16.5. The highest BCUT2D eigenvalue weighted by Crippen LogP contribution is 2.20. The highest BCUT2D eigenvalue weighted by molar-refractivity contribution is 5.88.